The van der Waals surface area contributed by atoms with Gasteiger partial charge in [0.2, 0.25) is 17.6 Å². The maximum absolute atomic E-state index is 12.6. The van der Waals surface area contributed by atoms with Gasteiger partial charge in [0.1, 0.15) is 5.75 Å². The Bertz CT molecular complexity index is 1050. The number of aromatic nitrogens is 2. The van der Waals surface area contributed by atoms with Crippen LogP contribution in [-0.2, 0) is 11.3 Å². The molecule has 1 aliphatic rings. The summed E-state index contributed by atoms with van der Waals surface area (Å²) in [5.41, 5.74) is 1.80. The quantitative estimate of drug-likeness (QED) is 0.546. The molecule has 0 aliphatic carbocycles. The molecule has 1 amide bonds. The van der Waals surface area contributed by atoms with Crippen LogP contribution in [0.25, 0.3) is 11.4 Å². The minimum Gasteiger partial charge on any atom is -0.494 e. The average molecular weight is 423 g/mol. The van der Waals surface area contributed by atoms with Gasteiger partial charge in [-0.1, -0.05) is 11.2 Å². The van der Waals surface area contributed by atoms with Crippen molar-refractivity contribution in [2.75, 3.05) is 27.4 Å². The summed E-state index contributed by atoms with van der Waals surface area (Å²) in [6, 6.07) is 13.2. The van der Waals surface area contributed by atoms with E-state index >= 15 is 0 Å². The van der Waals surface area contributed by atoms with E-state index in [2.05, 4.69) is 10.1 Å². The lowest BCUT2D eigenvalue weighted by molar-refractivity contribution is -0.128. The monoisotopic (exact) mass is 423 g/mol. The third-order valence-corrected chi connectivity index (χ3v) is 5.25. The molecule has 2 aromatic carbocycles. The molecule has 1 aromatic heterocycles. The highest BCUT2D eigenvalue weighted by Crippen LogP contribution is 2.32. The Hall–Kier alpha value is -3.55. The van der Waals surface area contributed by atoms with Crippen LogP contribution < -0.4 is 14.2 Å². The Morgan fingerprint density at radius 1 is 1.10 bits per heavy atom. The van der Waals surface area contributed by atoms with Crippen LogP contribution >= 0.6 is 0 Å². The number of carbonyl (C=O) groups excluding carboxylic acids is 1. The van der Waals surface area contributed by atoms with Crippen molar-refractivity contribution in [1.29, 1.82) is 0 Å². The van der Waals surface area contributed by atoms with Crippen molar-refractivity contribution in [3.63, 3.8) is 0 Å². The molecule has 3 aromatic rings. The fraction of sp³-hybridized carbons (Fsp3) is 0.348. The van der Waals surface area contributed by atoms with E-state index < -0.39 is 0 Å². The molecule has 1 saturated heterocycles. The van der Waals surface area contributed by atoms with Gasteiger partial charge in [0.05, 0.1) is 26.7 Å². The van der Waals surface area contributed by atoms with Crippen LogP contribution in [0.2, 0.25) is 0 Å². The number of rotatable bonds is 8. The van der Waals surface area contributed by atoms with Crippen molar-refractivity contribution >= 4 is 5.91 Å². The molecule has 0 N–H and O–H groups in total. The second-order valence-electron chi connectivity index (χ2n) is 7.28. The number of ether oxygens (including phenoxy) is 3. The fourth-order valence-corrected chi connectivity index (χ4v) is 3.67. The molecular formula is C23H25N3O5. The van der Waals surface area contributed by atoms with Gasteiger partial charge in [-0.3, -0.25) is 4.79 Å². The largest absolute Gasteiger partial charge is 0.494 e. The van der Waals surface area contributed by atoms with Crippen molar-refractivity contribution in [3.05, 3.63) is 53.9 Å². The predicted octanol–water partition coefficient (Wildman–Crippen LogP) is 3.67. The van der Waals surface area contributed by atoms with E-state index in [0.29, 0.717) is 49.3 Å². The maximum atomic E-state index is 12.6. The van der Waals surface area contributed by atoms with Gasteiger partial charge in [-0.2, -0.15) is 4.98 Å². The van der Waals surface area contributed by atoms with Crippen molar-refractivity contribution in [2.45, 2.75) is 25.8 Å². The van der Waals surface area contributed by atoms with Crippen molar-refractivity contribution in [2.24, 2.45) is 0 Å². The SMILES string of the molecule is CCOc1ccc(-c2noc(C3CC(=O)N(Cc4ccc(OC)c(OC)c4)C3)n2)cc1. The third-order valence-electron chi connectivity index (χ3n) is 5.25. The van der Waals surface area contributed by atoms with Crippen LogP contribution in [-0.4, -0.2) is 48.3 Å². The summed E-state index contributed by atoms with van der Waals surface area (Å²) in [6.07, 6.45) is 0.345. The lowest BCUT2D eigenvalue weighted by Crippen LogP contribution is -2.24. The van der Waals surface area contributed by atoms with Crippen LogP contribution in [0.4, 0.5) is 0 Å². The Balaban J connectivity index is 1.44. The molecule has 0 spiro atoms. The molecule has 8 nitrogen and oxygen atoms in total. The first-order chi connectivity index (χ1) is 15.1. The third kappa shape index (κ3) is 4.47. The Kier molecular flexibility index (Phi) is 6.06. The van der Waals surface area contributed by atoms with E-state index in [1.54, 1.807) is 19.1 Å². The molecule has 8 heteroatoms. The minimum absolute atomic E-state index is 0.0561. The summed E-state index contributed by atoms with van der Waals surface area (Å²) in [7, 11) is 3.19. The highest BCUT2D eigenvalue weighted by molar-refractivity contribution is 5.79. The molecule has 0 radical (unpaired) electrons. The van der Waals surface area contributed by atoms with Crippen LogP contribution in [0.15, 0.2) is 47.0 Å². The Morgan fingerprint density at radius 2 is 1.87 bits per heavy atom. The summed E-state index contributed by atoms with van der Waals surface area (Å²) in [4.78, 5) is 18.9. The van der Waals surface area contributed by atoms with Crippen molar-refractivity contribution < 1.29 is 23.5 Å². The second kappa shape index (κ2) is 9.07. The summed E-state index contributed by atoms with van der Waals surface area (Å²) >= 11 is 0. The Labute approximate surface area is 180 Å². The molecule has 1 unspecified atom stereocenters. The average Bonchev–Trinajstić information content (AvgIpc) is 3.42. The van der Waals surface area contributed by atoms with Gasteiger partial charge in [0.15, 0.2) is 11.5 Å². The number of nitrogens with zero attached hydrogens (tertiary/aromatic N) is 3. The van der Waals surface area contributed by atoms with Gasteiger partial charge < -0.3 is 23.6 Å². The molecule has 162 valence electrons. The molecule has 31 heavy (non-hydrogen) atoms. The number of hydrogen-bond donors (Lipinski definition) is 0. The molecule has 0 bridgehead atoms. The molecule has 1 aliphatic heterocycles. The lowest BCUT2D eigenvalue weighted by Gasteiger charge is -2.17. The van der Waals surface area contributed by atoms with Crippen LogP contribution in [0.1, 0.15) is 30.7 Å². The van der Waals surface area contributed by atoms with Gasteiger partial charge in [0.25, 0.3) is 0 Å². The summed E-state index contributed by atoms with van der Waals surface area (Å²) < 4.78 is 21.6. The van der Waals surface area contributed by atoms with Crippen LogP contribution in [0, 0.1) is 0 Å². The predicted molar refractivity (Wildman–Crippen MR) is 113 cm³/mol. The number of amides is 1. The number of carbonyl (C=O) groups is 1. The number of benzene rings is 2. The van der Waals surface area contributed by atoms with E-state index in [1.165, 1.54) is 0 Å². The zero-order valence-corrected chi connectivity index (χ0v) is 17.8. The molecule has 1 atom stereocenters. The zero-order valence-electron chi connectivity index (χ0n) is 17.8. The number of methoxy groups -OCH3 is 2. The van der Waals surface area contributed by atoms with Gasteiger partial charge in [-0.05, 0) is 48.9 Å². The Morgan fingerprint density at radius 3 is 2.58 bits per heavy atom. The van der Waals surface area contributed by atoms with Gasteiger partial charge in [-0.25, -0.2) is 0 Å². The summed E-state index contributed by atoms with van der Waals surface area (Å²) in [6.45, 7) is 3.56. The maximum Gasteiger partial charge on any atom is 0.232 e. The van der Waals surface area contributed by atoms with Crippen molar-refractivity contribution in [3.8, 4) is 28.6 Å². The summed E-state index contributed by atoms with van der Waals surface area (Å²) in [5, 5.41) is 4.10. The molecule has 1 fully saturated rings. The lowest BCUT2D eigenvalue weighted by atomic mass is 10.1. The standard InChI is InChI=1S/C23H25N3O5/c1-4-30-18-8-6-16(7-9-18)22-24-23(31-25-22)17-12-21(27)26(14-17)13-15-5-10-19(28-2)20(11-15)29-3/h5-11,17H,4,12-14H2,1-3H3. The minimum atomic E-state index is -0.128. The molecular weight excluding hydrogens is 398 g/mol. The van der Waals surface area contributed by atoms with E-state index in [4.69, 9.17) is 18.7 Å². The molecule has 0 saturated carbocycles. The second-order valence-corrected chi connectivity index (χ2v) is 7.28. The summed E-state index contributed by atoms with van der Waals surface area (Å²) in [5.74, 6) is 3.00. The number of hydrogen-bond acceptors (Lipinski definition) is 7. The van der Waals surface area contributed by atoms with Gasteiger partial charge in [0, 0.05) is 25.1 Å². The topological polar surface area (TPSA) is 86.9 Å². The van der Waals surface area contributed by atoms with E-state index in [-0.39, 0.29) is 11.8 Å². The molecule has 2 heterocycles. The van der Waals surface area contributed by atoms with Gasteiger partial charge in [-0.15, -0.1) is 0 Å². The van der Waals surface area contributed by atoms with Crippen molar-refractivity contribution in [1.82, 2.24) is 15.0 Å². The highest BCUT2D eigenvalue weighted by atomic mass is 16.5. The fourth-order valence-electron chi connectivity index (χ4n) is 3.67. The highest BCUT2D eigenvalue weighted by Gasteiger charge is 2.34. The van der Waals surface area contributed by atoms with E-state index in [1.807, 2.05) is 49.4 Å². The van der Waals surface area contributed by atoms with Gasteiger partial charge >= 0.3 is 0 Å². The first-order valence-electron chi connectivity index (χ1n) is 10.2. The van der Waals surface area contributed by atoms with E-state index in [0.717, 1.165) is 16.9 Å². The first kappa shape index (κ1) is 20.7. The van der Waals surface area contributed by atoms with Crippen LogP contribution in [0.3, 0.4) is 0 Å². The normalized spacial score (nSPS) is 15.9. The van der Waals surface area contributed by atoms with E-state index in [9.17, 15) is 4.79 Å². The molecule has 4 rings (SSSR count). The van der Waals surface area contributed by atoms with Crippen LogP contribution in [0.5, 0.6) is 17.2 Å². The zero-order chi connectivity index (χ0) is 21.8. The first-order valence-corrected chi connectivity index (χ1v) is 10.2. The number of likely N-dealkylation sites (tertiary alicyclic amines) is 1. The smallest absolute Gasteiger partial charge is 0.232 e.